The summed E-state index contributed by atoms with van der Waals surface area (Å²) in [7, 11) is -2.49. The summed E-state index contributed by atoms with van der Waals surface area (Å²) in [6.07, 6.45) is 0. The number of nitrogens with zero attached hydrogens (tertiary/aromatic N) is 1. The molecule has 0 fully saturated rings. The normalized spacial score (nSPS) is 11.6. The molecule has 0 radical (unpaired) electrons. The van der Waals surface area contributed by atoms with Gasteiger partial charge in [-0.2, -0.15) is 0 Å². The maximum absolute atomic E-state index is 11.5. The highest BCUT2D eigenvalue weighted by atomic mass is 32.2. The zero-order valence-electron chi connectivity index (χ0n) is 9.20. The Bertz CT molecular complexity index is 494. The Morgan fingerprint density at radius 2 is 1.82 bits per heavy atom. The zero-order valence-corrected chi connectivity index (χ0v) is 10.0. The molecule has 94 valence electrons. The molecule has 0 spiro atoms. The van der Waals surface area contributed by atoms with E-state index >= 15 is 0 Å². The van der Waals surface area contributed by atoms with Gasteiger partial charge in [0.15, 0.2) is 5.75 Å². The van der Waals surface area contributed by atoms with Crippen LogP contribution in [0, 0.1) is 0 Å². The predicted octanol–water partition coefficient (Wildman–Crippen LogP) is 0.238. The van der Waals surface area contributed by atoms with Crippen LogP contribution in [0.5, 0.6) is 5.75 Å². The van der Waals surface area contributed by atoms with E-state index in [4.69, 9.17) is 10.2 Å². The van der Waals surface area contributed by atoms with Crippen LogP contribution >= 0.6 is 0 Å². The van der Waals surface area contributed by atoms with Gasteiger partial charge in [0.2, 0.25) is 10.0 Å². The SMILES string of the molecule is CN(Cc1ccc(O)cc1)S(=O)(=O)CC(=O)O. The highest BCUT2D eigenvalue weighted by Crippen LogP contribution is 2.12. The number of carboxylic acid groups (broad SMARTS) is 1. The van der Waals surface area contributed by atoms with Gasteiger partial charge >= 0.3 is 5.97 Å². The van der Waals surface area contributed by atoms with Crippen molar-refractivity contribution in [2.45, 2.75) is 6.54 Å². The monoisotopic (exact) mass is 259 g/mol. The van der Waals surface area contributed by atoms with Crippen LogP contribution in [0.25, 0.3) is 0 Å². The molecule has 2 N–H and O–H groups in total. The van der Waals surface area contributed by atoms with E-state index in [1.165, 1.54) is 19.2 Å². The number of aliphatic carboxylic acids is 1. The predicted molar refractivity (Wildman–Crippen MR) is 61.0 cm³/mol. The van der Waals surface area contributed by atoms with E-state index < -0.39 is 21.7 Å². The Hall–Kier alpha value is -1.60. The van der Waals surface area contributed by atoms with Crippen LogP contribution < -0.4 is 0 Å². The van der Waals surface area contributed by atoms with Gasteiger partial charge < -0.3 is 10.2 Å². The fourth-order valence-corrected chi connectivity index (χ4v) is 2.10. The molecule has 0 unspecified atom stereocenters. The Labute approximate surface area is 99.2 Å². The summed E-state index contributed by atoms with van der Waals surface area (Å²) >= 11 is 0. The van der Waals surface area contributed by atoms with E-state index in [1.807, 2.05) is 0 Å². The van der Waals surface area contributed by atoms with Crippen LogP contribution in [0.1, 0.15) is 5.56 Å². The molecule has 0 saturated carbocycles. The van der Waals surface area contributed by atoms with Crippen LogP contribution in [0.15, 0.2) is 24.3 Å². The molecule has 17 heavy (non-hydrogen) atoms. The van der Waals surface area contributed by atoms with Crippen molar-refractivity contribution in [1.82, 2.24) is 4.31 Å². The van der Waals surface area contributed by atoms with Crippen molar-refractivity contribution in [2.75, 3.05) is 12.8 Å². The van der Waals surface area contributed by atoms with Crippen LogP contribution in [-0.4, -0.2) is 41.7 Å². The minimum absolute atomic E-state index is 0.0654. The lowest BCUT2D eigenvalue weighted by Crippen LogP contribution is -2.31. The van der Waals surface area contributed by atoms with Crippen molar-refractivity contribution >= 4 is 16.0 Å². The third kappa shape index (κ3) is 4.04. The van der Waals surface area contributed by atoms with E-state index in [-0.39, 0.29) is 12.3 Å². The zero-order chi connectivity index (χ0) is 13.1. The van der Waals surface area contributed by atoms with E-state index in [1.54, 1.807) is 12.1 Å². The number of rotatable bonds is 5. The third-order valence-electron chi connectivity index (χ3n) is 2.12. The summed E-state index contributed by atoms with van der Waals surface area (Å²) in [6, 6.07) is 6.02. The molecule has 0 heterocycles. The van der Waals surface area contributed by atoms with Crippen molar-refractivity contribution in [1.29, 1.82) is 0 Å². The van der Waals surface area contributed by atoms with E-state index in [0.29, 0.717) is 5.56 Å². The Morgan fingerprint density at radius 1 is 1.29 bits per heavy atom. The van der Waals surface area contributed by atoms with Crippen LogP contribution in [0.4, 0.5) is 0 Å². The molecule has 1 aromatic carbocycles. The highest BCUT2D eigenvalue weighted by molar-refractivity contribution is 7.89. The number of carbonyl (C=O) groups is 1. The first kappa shape index (κ1) is 13.5. The average molecular weight is 259 g/mol. The lowest BCUT2D eigenvalue weighted by Gasteiger charge is -2.15. The van der Waals surface area contributed by atoms with Gasteiger partial charge in [0.1, 0.15) is 5.75 Å². The number of hydrogen-bond acceptors (Lipinski definition) is 4. The average Bonchev–Trinajstić information content (AvgIpc) is 2.19. The molecule has 0 aliphatic carbocycles. The van der Waals surface area contributed by atoms with Gasteiger partial charge in [0.05, 0.1) is 0 Å². The summed E-state index contributed by atoms with van der Waals surface area (Å²) in [5.74, 6) is -2.23. The van der Waals surface area contributed by atoms with Crippen molar-refractivity contribution in [3.05, 3.63) is 29.8 Å². The molecule has 0 atom stereocenters. The van der Waals surface area contributed by atoms with Gasteiger partial charge in [-0.25, -0.2) is 12.7 Å². The fourth-order valence-electron chi connectivity index (χ4n) is 1.22. The third-order valence-corrected chi connectivity index (χ3v) is 3.81. The molecule has 0 aliphatic rings. The Morgan fingerprint density at radius 3 is 2.29 bits per heavy atom. The summed E-state index contributed by atoms with van der Waals surface area (Å²) in [4.78, 5) is 10.4. The Balaban J connectivity index is 2.75. The maximum atomic E-state index is 11.5. The topological polar surface area (TPSA) is 94.9 Å². The van der Waals surface area contributed by atoms with Crippen molar-refractivity contribution in [2.24, 2.45) is 0 Å². The second-order valence-corrected chi connectivity index (χ2v) is 5.65. The van der Waals surface area contributed by atoms with Gasteiger partial charge in [-0.3, -0.25) is 4.79 Å². The molecule has 6 nitrogen and oxygen atoms in total. The van der Waals surface area contributed by atoms with Gasteiger partial charge in [-0.05, 0) is 17.7 Å². The van der Waals surface area contributed by atoms with Crippen LogP contribution in [0.2, 0.25) is 0 Å². The number of phenolic OH excluding ortho intramolecular Hbond substituents is 1. The molecule has 1 rings (SSSR count). The summed E-state index contributed by atoms with van der Waals surface area (Å²) in [5.41, 5.74) is 0.666. The molecular weight excluding hydrogens is 246 g/mol. The number of aromatic hydroxyl groups is 1. The molecule has 1 aromatic rings. The molecule has 0 aliphatic heterocycles. The standard InChI is InChI=1S/C10H13NO5S/c1-11(17(15,16)7-10(13)14)6-8-2-4-9(12)5-3-8/h2-5,12H,6-7H2,1H3,(H,13,14). The number of phenols is 1. The first-order chi connectivity index (χ1) is 7.81. The fraction of sp³-hybridized carbons (Fsp3) is 0.300. The second kappa shape index (κ2) is 5.15. The molecular formula is C10H13NO5S. The molecule has 0 bridgehead atoms. The minimum Gasteiger partial charge on any atom is -0.508 e. The van der Waals surface area contributed by atoms with E-state index in [0.717, 1.165) is 4.31 Å². The summed E-state index contributed by atoms with van der Waals surface area (Å²) < 4.78 is 24.0. The summed E-state index contributed by atoms with van der Waals surface area (Å²) in [5, 5.41) is 17.5. The van der Waals surface area contributed by atoms with Crippen molar-refractivity contribution < 1.29 is 23.4 Å². The number of hydrogen-bond donors (Lipinski definition) is 2. The van der Waals surface area contributed by atoms with E-state index in [9.17, 15) is 13.2 Å². The largest absolute Gasteiger partial charge is 0.508 e. The first-order valence-corrected chi connectivity index (χ1v) is 6.36. The summed E-state index contributed by atoms with van der Waals surface area (Å²) in [6.45, 7) is 0.0654. The number of carboxylic acids is 1. The first-order valence-electron chi connectivity index (χ1n) is 4.75. The van der Waals surface area contributed by atoms with Crippen molar-refractivity contribution in [3.8, 4) is 5.75 Å². The van der Waals surface area contributed by atoms with Gasteiger partial charge in [-0.15, -0.1) is 0 Å². The molecule has 7 heteroatoms. The molecule has 0 amide bonds. The minimum atomic E-state index is -3.80. The smallest absolute Gasteiger partial charge is 0.320 e. The van der Waals surface area contributed by atoms with Crippen LogP contribution in [0.3, 0.4) is 0 Å². The Kier molecular flexibility index (Phi) is 4.08. The lowest BCUT2D eigenvalue weighted by molar-refractivity contribution is -0.134. The number of benzene rings is 1. The highest BCUT2D eigenvalue weighted by Gasteiger charge is 2.21. The van der Waals surface area contributed by atoms with Crippen molar-refractivity contribution in [3.63, 3.8) is 0 Å². The second-order valence-electron chi connectivity index (χ2n) is 3.57. The number of sulfonamides is 1. The molecule has 0 aromatic heterocycles. The lowest BCUT2D eigenvalue weighted by atomic mass is 10.2. The van der Waals surface area contributed by atoms with Crippen LogP contribution in [-0.2, 0) is 21.4 Å². The van der Waals surface area contributed by atoms with E-state index in [2.05, 4.69) is 0 Å². The van der Waals surface area contributed by atoms with Gasteiger partial charge in [0, 0.05) is 13.6 Å². The molecule has 0 saturated heterocycles. The van der Waals surface area contributed by atoms with Gasteiger partial charge in [-0.1, -0.05) is 12.1 Å². The van der Waals surface area contributed by atoms with Gasteiger partial charge in [0.25, 0.3) is 0 Å². The quantitative estimate of drug-likeness (QED) is 0.789. The maximum Gasteiger partial charge on any atom is 0.320 e.